The molecule has 2 aromatic rings. The molecule has 0 unspecified atom stereocenters. The van der Waals surface area contributed by atoms with E-state index in [1.54, 1.807) is 0 Å². The molecule has 3 saturated heterocycles. The van der Waals surface area contributed by atoms with Gasteiger partial charge in [0.1, 0.15) is 6.23 Å². The van der Waals surface area contributed by atoms with Crippen LogP contribution < -0.4 is 5.32 Å². The number of aromatic nitrogens is 1. The monoisotopic (exact) mass is 353 g/mol. The summed E-state index contributed by atoms with van der Waals surface area (Å²) in [6.07, 6.45) is 1.76. The van der Waals surface area contributed by atoms with Crippen LogP contribution in [-0.2, 0) is 16.0 Å². The molecule has 26 heavy (non-hydrogen) atoms. The molecule has 1 aromatic carbocycles. The number of rotatable bonds is 1. The van der Waals surface area contributed by atoms with Crippen molar-refractivity contribution in [1.29, 1.82) is 0 Å². The number of carbonyl (C=O) groups is 1. The van der Waals surface area contributed by atoms with Crippen molar-refractivity contribution in [2.75, 3.05) is 19.8 Å². The van der Waals surface area contributed by atoms with Gasteiger partial charge in [0.2, 0.25) is 5.91 Å². The highest BCUT2D eigenvalue weighted by atomic mass is 16.5. The molecule has 6 nitrogen and oxygen atoms in total. The van der Waals surface area contributed by atoms with Crippen LogP contribution in [0.25, 0.3) is 10.9 Å². The Bertz CT molecular complexity index is 894. The van der Waals surface area contributed by atoms with E-state index in [4.69, 9.17) is 4.74 Å². The van der Waals surface area contributed by atoms with E-state index in [-0.39, 0.29) is 42.5 Å². The molecule has 4 aliphatic rings. The minimum absolute atomic E-state index is 0.0551. The molecule has 136 valence electrons. The summed E-state index contributed by atoms with van der Waals surface area (Å²) in [7, 11) is 0. The van der Waals surface area contributed by atoms with Crippen molar-refractivity contribution < 1.29 is 14.6 Å². The lowest BCUT2D eigenvalue weighted by Gasteiger charge is -2.52. The molecular formula is C20H23N3O3. The molecule has 3 N–H and O–H groups in total. The number of aromatic amines is 1. The quantitative estimate of drug-likeness (QED) is 0.719. The average Bonchev–Trinajstić information content (AvgIpc) is 3.24. The summed E-state index contributed by atoms with van der Waals surface area (Å²) < 4.78 is 5.96. The van der Waals surface area contributed by atoms with E-state index in [1.807, 2.05) is 0 Å². The van der Waals surface area contributed by atoms with Crippen LogP contribution in [0.4, 0.5) is 0 Å². The minimum atomic E-state index is -0.322. The van der Waals surface area contributed by atoms with Crippen LogP contribution >= 0.6 is 0 Å². The molecule has 0 aliphatic carbocycles. The average molecular weight is 353 g/mol. The summed E-state index contributed by atoms with van der Waals surface area (Å²) in [5.41, 5.74) is 3.93. The number of para-hydroxylation sites is 1. The Morgan fingerprint density at radius 1 is 1.31 bits per heavy atom. The molecule has 6 atom stereocenters. The summed E-state index contributed by atoms with van der Waals surface area (Å²) in [6, 6.07) is 9.11. The second kappa shape index (κ2) is 5.31. The predicted molar refractivity (Wildman–Crippen MR) is 95.3 cm³/mol. The topological polar surface area (TPSA) is 77.6 Å². The smallest absolute Gasteiger partial charge is 0.227 e. The first-order valence-corrected chi connectivity index (χ1v) is 9.64. The van der Waals surface area contributed by atoms with Gasteiger partial charge in [-0.2, -0.15) is 0 Å². The highest BCUT2D eigenvalue weighted by Gasteiger charge is 2.58. The fourth-order valence-electron chi connectivity index (χ4n) is 6.09. The first-order valence-electron chi connectivity index (χ1n) is 9.64. The maximum Gasteiger partial charge on any atom is 0.227 e. The Morgan fingerprint density at radius 3 is 3.08 bits per heavy atom. The van der Waals surface area contributed by atoms with Crippen LogP contribution in [-0.4, -0.2) is 52.9 Å². The van der Waals surface area contributed by atoms with E-state index in [0.717, 1.165) is 19.4 Å². The van der Waals surface area contributed by atoms with Gasteiger partial charge < -0.3 is 20.1 Å². The normalized spacial score (nSPS) is 38.6. The number of piperidine rings is 2. The molecular weight excluding hydrogens is 330 g/mol. The molecule has 3 fully saturated rings. The number of carbonyl (C=O) groups excluding carboxylic acids is 1. The second-order valence-electron chi connectivity index (χ2n) is 8.16. The lowest BCUT2D eigenvalue weighted by Crippen LogP contribution is -2.62. The van der Waals surface area contributed by atoms with E-state index in [9.17, 15) is 9.90 Å². The van der Waals surface area contributed by atoms with Crippen LogP contribution in [0, 0.1) is 17.8 Å². The zero-order valence-corrected chi connectivity index (χ0v) is 14.5. The van der Waals surface area contributed by atoms with Crippen LogP contribution in [0.1, 0.15) is 23.7 Å². The molecule has 4 aliphatic heterocycles. The van der Waals surface area contributed by atoms with Crippen LogP contribution in [0.5, 0.6) is 0 Å². The number of nitrogens with one attached hydrogen (secondary N) is 2. The second-order valence-corrected chi connectivity index (χ2v) is 8.16. The minimum Gasteiger partial charge on any atom is -0.396 e. The van der Waals surface area contributed by atoms with E-state index >= 15 is 0 Å². The Balaban J connectivity index is 1.46. The van der Waals surface area contributed by atoms with Gasteiger partial charge >= 0.3 is 0 Å². The van der Waals surface area contributed by atoms with Crippen LogP contribution in [0.2, 0.25) is 0 Å². The van der Waals surface area contributed by atoms with Crippen LogP contribution in [0.3, 0.4) is 0 Å². The number of aliphatic hydroxyl groups excluding tert-OH is 1. The van der Waals surface area contributed by atoms with Gasteiger partial charge in [-0.25, -0.2) is 0 Å². The summed E-state index contributed by atoms with van der Waals surface area (Å²) in [5, 5.41) is 14.2. The van der Waals surface area contributed by atoms with Gasteiger partial charge in [0.15, 0.2) is 0 Å². The Hall–Kier alpha value is -1.89. The SMILES string of the molecule is O=C1N[C@@H]2OC[C@H]3[C@@H]2[C@H](C[C@@H]2c4[nH]c5ccccc5c4CCN23)[C@H]1CO. The summed E-state index contributed by atoms with van der Waals surface area (Å²) in [5.74, 6) is 0.0785. The molecule has 0 spiro atoms. The van der Waals surface area contributed by atoms with Gasteiger partial charge in [-0.3, -0.25) is 9.69 Å². The number of H-pyrrole nitrogens is 1. The van der Waals surface area contributed by atoms with Crippen molar-refractivity contribution in [2.24, 2.45) is 17.8 Å². The summed E-state index contributed by atoms with van der Waals surface area (Å²) in [4.78, 5) is 18.7. The number of aliphatic hydroxyl groups is 1. The van der Waals surface area contributed by atoms with Gasteiger partial charge in [0.05, 0.1) is 25.2 Å². The van der Waals surface area contributed by atoms with E-state index < -0.39 is 0 Å². The van der Waals surface area contributed by atoms with Crippen molar-refractivity contribution in [3.63, 3.8) is 0 Å². The first kappa shape index (κ1) is 15.2. The number of fused-ring (bicyclic) bond motifs is 6. The molecule has 5 heterocycles. The number of hydrogen-bond donors (Lipinski definition) is 3. The number of nitrogens with zero attached hydrogens (tertiary/aromatic N) is 1. The largest absolute Gasteiger partial charge is 0.396 e. The summed E-state index contributed by atoms with van der Waals surface area (Å²) >= 11 is 0. The fraction of sp³-hybridized carbons (Fsp3) is 0.550. The van der Waals surface area contributed by atoms with Crippen molar-refractivity contribution in [3.05, 3.63) is 35.5 Å². The number of amides is 1. The van der Waals surface area contributed by atoms with Crippen molar-refractivity contribution in [2.45, 2.75) is 31.2 Å². The summed E-state index contributed by atoms with van der Waals surface area (Å²) in [6.45, 7) is 1.61. The molecule has 6 heteroatoms. The van der Waals surface area contributed by atoms with Crippen molar-refractivity contribution in [1.82, 2.24) is 15.2 Å². The maximum absolute atomic E-state index is 12.4. The van der Waals surface area contributed by atoms with Gasteiger partial charge in [-0.1, -0.05) is 18.2 Å². The number of hydrogen-bond acceptors (Lipinski definition) is 4. The Morgan fingerprint density at radius 2 is 2.19 bits per heavy atom. The van der Waals surface area contributed by atoms with Crippen LogP contribution in [0.15, 0.2) is 24.3 Å². The highest BCUT2D eigenvalue weighted by Crippen LogP contribution is 2.51. The van der Waals surface area contributed by atoms with Gasteiger partial charge in [-0.05, 0) is 30.4 Å². The van der Waals surface area contributed by atoms with Gasteiger partial charge in [0.25, 0.3) is 0 Å². The third-order valence-electron chi connectivity index (χ3n) is 7.19. The standard InChI is InChI=1S/C20H23N3O3/c24-8-13-12-7-15-18-11(10-3-1-2-4-14(10)21-18)5-6-23(15)16-9-26-20(17(12)16)22-19(13)25/h1-4,12-13,15-17,20-21,24H,5-9H2,(H,22,25)/t12-,13-,15-,16+,17+,20-/m1/s1. The van der Waals surface area contributed by atoms with E-state index in [0.29, 0.717) is 12.6 Å². The van der Waals surface area contributed by atoms with Crippen molar-refractivity contribution in [3.8, 4) is 0 Å². The molecule has 1 amide bonds. The van der Waals surface area contributed by atoms with E-state index in [2.05, 4.69) is 39.5 Å². The van der Waals surface area contributed by atoms with E-state index in [1.165, 1.54) is 22.2 Å². The first-order chi connectivity index (χ1) is 12.8. The highest BCUT2D eigenvalue weighted by molar-refractivity contribution is 5.85. The molecule has 1 aromatic heterocycles. The zero-order valence-electron chi connectivity index (χ0n) is 14.5. The third-order valence-corrected chi connectivity index (χ3v) is 7.19. The number of ether oxygens (including phenoxy) is 1. The Kier molecular flexibility index (Phi) is 3.11. The number of benzene rings is 1. The molecule has 0 saturated carbocycles. The van der Waals surface area contributed by atoms with Gasteiger partial charge in [0, 0.05) is 35.1 Å². The molecule has 0 radical (unpaired) electrons. The fourth-order valence-corrected chi connectivity index (χ4v) is 6.09. The van der Waals surface area contributed by atoms with Crippen molar-refractivity contribution >= 4 is 16.8 Å². The van der Waals surface area contributed by atoms with Gasteiger partial charge in [-0.15, -0.1) is 0 Å². The predicted octanol–water partition coefficient (Wildman–Crippen LogP) is 1.17. The lowest BCUT2D eigenvalue weighted by atomic mass is 9.67. The maximum atomic E-state index is 12.4. The lowest BCUT2D eigenvalue weighted by molar-refractivity contribution is -0.144. The third kappa shape index (κ3) is 1.84. The zero-order chi connectivity index (χ0) is 17.4. The Labute approximate surface area is 151 Å². The molecule has 6 rings (SSSR count). The molecule has 0 bridgehead atoms.